The number of nitriles is 1. The van der Waals surface area contributed by atoms with Crippen molar-refractivity contribution in [2.24, 2.45) is 5.10 Å². The Balaban J connectivity index is 1.62. The van der Waals surface area contributed by atoms with Gasteiger partial charge in [0.25, 0.3) is 5.91 Å². The van der Waals surface area contributed by atoms with Crippen molar-refractivity contribution in [3.63, 3.8) is 0 Å². The van der Waals surface area contributed by atoms with Crippen molar-refractivity contribution in [1.29, 1.82) is 5.26 Å². The number of nitrogens with one attached hydrogen (secondary N) is 1. The van der Waals surface area contributed by atoms with Crippen LogP contribution in [-0.4, -0.2) is 18.2 Å². The molecule has 5 nitrogen and oxygen atoms in total. The molecule has 0 bridgehead atoms. The minimum Gasteiger partial charge on any atom is -0.482 e. The molecule has 3 aromatic carbocycles. The molecule has 26 heavy (non-hydrogen) atoms. The highest BCUT2D eigenvalue weighted by atomic mass is 16.5. The summed E-state index contributed by atoms with van der Waals surface area (Å²) in [5.74, 6) is -0.0155. The standard InChI is InChI=1S/C21H17N3O2/c1-15(17-11-10-16-6-2-3-7-18(16)12-17)23-24-21(25)14-26-20-9-5-4-8-19(20)13-22/h2-12H,14H2,1H3,(H,24,25)/b23-15-. The van der Waals surface area contributed by atoms with Crippen molar-refractivity contribution in [1.82, 2.24) is 5.43 Å². The van der Waals surface area contributed by atoms with Crippen molar-refractivity contribution >= 4 is 22.4 Å². The summed E-state index contributed by atoms with van der Waals surface area (Å²) in [5.41, 5.74) is 4.49. The zero-order valence-corrected chi connectivity index (χ0v) is 14.3. The molecule has 0 saturated carbocycles. The van der Waals surface area contributed by atoms with E-state index in [1.54, 1.807) is 24.3 Å². The smallest absolute Gasteiger partial charge is 0.277 e. The van der Waals surface area contributed by atoms with E-state index in [0.717, 1.165) is 16.3 Å². The zero-order chi connectivity index (χ0) is 18.4. The second kappa shape index (κ2) is 7.95. The average molecular weight is 343 g/mol. The molecule has 0 aliphatic heterocycles. The quantitative estimate of drug-likeness (QED) is 0.568. The number of ether oxygens (including phenoxy) is 1. The summed E-state index contributed by atoms with van der Waals surface area (Å²) >= 11 is 0. The first-order chi connectivity index (χ1) is 12.7. The third-order valence-corrected chi connectivity index (χ3v) is 3.88. The molecule has 1 N–H and O–H groups in total. The summed E-state index contributed by atoms with van der Waals surface area (Å²) in [4.78, 5) is 11.9. The Kier molecular flexibility index (Phi) is 5.25. The molecule has 0 spiro atoms. The zero-order valence-electron chi connectivity index (χ0n) is 14.3. The van der Waals surface area contributed by atoms with E-state index >= 15 is 0 Å². The predicted octanol–water partition coefficient (Wildman–Crippen LogP) is 3.63. The van der Waals surface area contributed by atoms with Crippen LogP contribution in [0.15, 0.2) is 71.8 Å². The molecular weight excluding hydrogens is 326 g/mol. The monoisotopic (exact) mass is 343 g/mol. The normalized spacial score (nSPS) is 11.0. The van der Waals surface area contributed by atoms with Crippen LogP contribution in [0.1, 0.15) is 18.1 Å². The van der Waals surface area contributed by atoms with Gasteiger partial charge in [-0.15, -0.1) is 0 Å². The molecule has 0 aromatic heterocycles. The van der Waals surface area contributed by atoms with Gasteiger partial charge in [-0.05, 0) is 41.5 Å². The number of hydrogen-bond acceptors (Lipinski definition) is 4. The van der Waals surface area contributed by atoms with Gasteiger partial charge in [0.15, 0.2) is 6.61 Å². The van der Waals surface area contributed by atoms with Gasteiger partial charge in [0.2, 0.25) is 0 Å². The summed E-state index contributed by atoms with van der Waals surface area (Å²) < 4.78 is 5.38. The first-order valence-electron chi connectivity index (χ1n) is 8.11. The van der Waals surface area contributed by atoms with Crippen LogP contribution >= 0.6 is 0 Å². The van der Waals surface area contributed by atoms with E-state index < -0.39 is 5.91 Å². The number of hydrazone groups is 1. The minimum atomic E-state index is -0.391. The molecule has 3 rings (SSSR count). The molecule has 128 valence electrons. The molecule has 5 heteroatoms. The molecule has 0 aliphatic rings. The van der Waals surface area contributed by atoms with Crippen LogP contribution in [0.25, 0.3) is 10.8 Å². The van der Waals surface area contributed by atoms with Crippen LogP contribution in [0.5, 0.6) is 5.75 Å². The lowest BCUT2D eigenvalue weighted by Crippen LogP contribution is -2.25. The number of nitrogens with zero attached hydrogens (tertiary/aromatic N) is 2. The number of amides is 1. The van der Waals surface area contributed by atoms with Crippen LogP contribution in [0, 0.1) is 11.3 Å². The van der Waals surface area contributed by atoms with Gasteiger partial charge in [0.05, 0.1) is 11.3 Å². The number of hydrogen-bond donors (Lipinski definition) is 1. The maximum atomic E-state index is 11.9. The number of benzene rings is 3. The summed E-state index contributed by atoms with van der Waals surface area (Å²) in [5, 5.41) is 15.4. The molecule has 3 aromatic rings. The molecule has 0 unspecified atom stereocenters. The lowest BCUT2D eigenvalue weighted by molar-refractivity contribution is -0.123. The average Bonchev–Trinajstić information content (AvgIpc) is 2.70. The Morgan fingerprint density at radius 2 is 1.81 bits per heavy atom. The molecule has 0 heterocycles. The first kappa shape index (κ1) is 17.2. The fourth-order valence-corrected chi connectivity index (χ4v) is 2.49. The largest absolute Gasteiger partial charge is 0.482 e. The van der Waals surface area contributed by atoms with Gasteiger partial charge >= 0.3 is 0 Å². The van der Waals surface area contributed by atoms with Gasteiger partial charge < -0.3 is 4.74 Å². The molecular formula is C21H17N3O2. The number of carbonyl (C=O) groups is 1. The fourth-order valence-electron chi connectivity index (χ4n) is 2.49. The summed E-state index contributed by atoms with van der Waals surface area (Å²) in [6, 6.07) is 22.9. The van der Waals surface area contributed by atoms with Crippen molar-refractivity contribution in [3.05, 3.63) is 77.9 Å². The topological polar surface area (TPSA) is 74.5 Å². The van der Waals surface area contributed by atoms with Gasteiger partial charge in [0, 0.05) is 0 Å². The van der Waals surface area contributed by atoms with E-state index in [4.69, 9.17) is 10.00 Å². The van der Waals surface area contributed by atoms with E-state index in [9.17, 15) is 4.79 Å². The maximum Gasteiger partial charge on any atom is 0.277 e. The van der Waals surface area contributed by atoms with E-state index in [1.165, 1.54) is 0 Å². The Bertz CT molecular complexity index is 1020. The van der Waals surface area contributed by atoms with Gasteiger partial charge in [-0.1, -0.05) is 48.5 Å². The van der Waals surface area contributed by atoms with Crippen molar-refractivity contribution in [2.75, 3.05) is 6.61 Å². The Morgan fingerprint density at radius 1 is 1.08 bits per heavy atom. The lowest BCUT2D eigenvalue weighted by atomic mass is 10.0. The lowest BCUT2D eigenvalue weighted by Gasteiger charge is -2.07. The van der Waals surface area contributed by atoms with E-state index in [-0.39, 0.29) is 6.61 Å². The van der Waals surface area contributed by atoms with Crippen molar-refractivity contribution in [2.45, 2.75) is 6.92 Å². The van der Waals surface area contributed by atoms with E-state index in [0.29, 0.717) is 17.0 Å². The van der Waals surface area contributed by atoms with Crippen LogP contribution in [0.3, 0.4) is 0 Å². The third-order valence-electron chi connectivity index (χ3n) is 3.88. The summed E-state index contributed by atoms with van der Waals surface area (Å²) in [7, 11) is 0. The van der Waals surface area contributed by atoms with Gasteiger partial charge in [-0.3, -0.25) is 4.79 Å². The molecule has 0 fully saturated rings. The highest BCUT2D eigenvalue weighted by Gasteiger charge is 2.06. The highest BCUT2D eigenvalue weighted by molar-refractivity contribution is 6.02. The van der Waals surface area contributed by atoms with Crippen LogP contribution in [0.2, 0.25) is 0 Å². The number of rotatable bonds is 5. The maximum absolute atomic E-state index is 11.9. The molecule has 0 atom stereocenters. The van der Waals surface area contributed by atoms with Crippen LogP contribution < -0.4 is 10.2 Å². The molecule has 0 aliphatic carbocycles. The van der Waals surface area contributed by atoms with Gasteiger partial charge in [-0.2, -0.15) is 10.4 Å². The third kappa shape index (κ3) is 4.05. The van der Waals surface area contributed by atoms with Gasteiger partial charge in [0.1, 0.15) is 11.8 Å². The second-order valence-electron chi connectivity index (χ2n) is 5.69. The molecule has 0 saturated heterocycles. The number of para-hydroxylation sites is 1. The van der Waals surface area contributed by atoms with Crippen LogP contribution in [-0.2, 0) is 4.79 Å². The summed E-state index contributed by atoms with van der Waals surface area (Å²) in [6.45, 7) is 1.61. The number of carbonyl (C=O) groups excluding carboxylic acids is 1. The number of fused-ring (bicyclic) bond motifs is 1. The second-order valence-corrected chi connectivity index (χ2v) is 5.69. The SMILES string of the molecule is C/C(=N/NC(=O)COc1ccccc1C#N)c1ccc2ccccc2c1. The van der Waals surface area contributed by atoms with Gasteiger partial charge in [-0.25, -0.2) is 5.43 Å². The predicted molar refractivity (Wildman–Crippen MR) is 101 cm³/mol. The Morgan fingerprint density at radius 3 is 2.62 bits per heavy atom. The van der Waals surface area contributed by atoms with Crippen molar-refractivity contribution < 1.29 is 9.53 Å². The first-order valence-corrected chi connectivity index (χ1v) is 8.11. The summed E-state index contributed by atoms with van der Waals surface area (Å²) in [6.07, 6.45) is 0. The Hall–Kier alpha value is -3.65. The Labute approximate surface area is 151 Å². The van der Waals surface area contributed by atoms with Crippen LogP contribution in [0.4, 0.5) is 0 Å². The fraction of sp³-hybridized carbons (Fsp3) is 0.0952. The minimum absolute atomic E-state index is 0.215. The van der Waals surface area contributed by atoms with E-state index in [2.05, 4.69) is 10.5 Å². The molecule has 1 amide bonds. The highest BCUT2D eigenvalue weighted by Crippen LogP contribution is 2.17. The van der Waals surface area contributed by atoms with Crippen molar-refractivity contribution in [3.8, 4) is 11.8 Å². The van der Waals surface area contributed by atoms with E-state index in [1.807, 2.05) is 55.5 Å². The molecule has 0 radical (unpaired) electrons.